The standard InChI is InChI=1S/C16H23ClN4OS.HI/c1-18-15(19-7-5-12-3-4-13(17)23-12)21-8-2-6-16(11-21)9-14(22)20-10-16;/h3-4H,2,5-11H2,1H3,(H,18,19)(H,20,22);1H. The number of hydrogen-bond donors (Lipinski definition) is 2. The minimum absolute atomic E-state index is 0. The summed E-state index contributed by atoms with van der Waals surface area (Å²) in [6.45, 7) is 3.54. The molecule has 2 saturated heterocycles. The molecule has 1 amide bonds. The summed E-state index contributed by atoms with van der Waals surface area (Å²) in [5, 5.41) is 6.44. The molecule has 2 fully saturated rings. The predicted octanol–water partition coefficient (Wildman–Crippen LogP) is 2.74. The van der Waals surface area contributed by atoms with Gasteiger partial charge >= 0.3 is 0 Å². The van der Waals surface area contributed by atoms with Crippen LogP contribution in [0.3, 0.4) is 0 Å². The topological polar surface area (TPSA) is 56.7 Å². The van der Waals surface area contributed by atoms with Crippen LogP contribution in [0, 0.1) is 5.41 Å². The van der Waals surface area contributed by atoms with E-state index in [1.807, 2.05) is 13.1 Å². The number of amides is 1. The number of nitrogens with zero attached hydrogens (tertiary/aromatic N) is 2. The summed E-state index contributed by atoms with van der Waals surface area (Å²) in [7, 11) is 1.82. The number of hydrogen-bond acceptors (Lipinski definition) is 3. The van der Waals surface area contributed by atoms with Gasteiger partial charge in [0.2, 0.25) is 5.91 Å². The van der Waals surface area contributed by atoms with Crippen LogP contribution in [-0.2, 0) is 11.2 Å². The van der Waals surface area contributed by atoms with Crippen molar-refractivity contribution < 1.29 is 4.79 Å². The molecule has 2 aliphatic rings. The number of likely N-dealkylation sites (tertiary alicyclic amines) is 1. The second kappa shape index (κ2) is 8.71. The molecule has 0 aromatic carbocycles. The van der Waals surface area contributed by atoms with Crippen LogP contribution < -0.4 is 10.6 Å². The fourth-order valence-corrected chi connectivity index (χ4v) is 4.63. The predicted molar refractivity (Wildman–Crippen MR) is 111 cm³/mol. The zero-order chi connectivity index (χ0) is 16.3. The van der Waals surface area contributed by atoms with Crippen LogP contribution in [0.4, 0.5) is 0 Å². The Morgan fingerprint density at radius 2 is 2.38 bits per heavy atom. The van der Waals surface area contributed by atoms with Gasteiger partial charge in [0.15, 0.2) is 5.96 Å². The summed E-state index contributed by atoms with van der Waals surface area (Å²) in [4.78, 5) is 19.6. The van der Waals surface area contributed by atoms with Gasteiger partial charge in [0.1, 0.15) is 0 Å². The van der Waals surface area contributed by atoms with E-state index in [-0.39, 0.29) is 35.3 Å². The first-order chi connectivity index (χ1) is 11.1. The molecule has 3 rings (SSSR count). The first kappa shape index (κ1) is 19.8. The first-order valence-electron chi connectivity index (χ1n) is 8.07. The van der Waals surface area contributed by atoms with Crippen LogP contribution in [0.2, 0.25) is 4.34 Å². The minimum atomic E-state index is 0. The van der Waals surface area contributed by atoms with E-state index in [0.717, 1.165) is 55.7 Å². The zero-order valence-corrected chi connectivity index (χ0v) is 17.7. The van der Waals surface area contributed by atoms with E-state index in [9.17, 15) is 4.79 Å². The second-order valence-corrected chi connectivity index (χ2v) is 8.21. The van der Waals surface area contributed by atoms with Crippen molar-refractivity contribution in [1.82, 2.24) is 15.5 Å². The Kier molecular flexibility index (Phi) is 7.18. The lowest BCUT2D eigenvalue weighted by Gasteiger charge is -2.40. The maximum atomic E-state index is 11.6. The van der Waals surface area contributed by atoms with E-state index in [0.29, 0.717) is 6.42 Å². The third kappa shape index (κ3) is 4.76. The van der Waals surface area contributed by atoms with Crippen molar-refractivity contribution in [2.45, 2.75) is 25.7 Å². The third-order valence-corrected chi connectivity index (χ3v) is 5.94. The highest BCUT2D eigenvalue weighted by Gasteiger charge is 2.42. The molecule has 0 aliphatic carbocycles. The van der Waals surface area contributed by atoms with Crippen molar-refractivity contribution in [2.75, 3.05) is 33.2 Å². The number of halogens is 2. The number of guanidine groups is 1. The van der Waals surface area contributed by atoms with Gasteiger partial charge in [0.25, 0.3) is 0 Å². The SMILES string of the molecule is CN=C(NCCc1ccc(Cl)s1)N1CCCC2(CNC(=O)C2)C1.I. The Hall–Kier alpha value is -0.540. The van der Waals surface area contributed by atoms with Gasteiger partial charge in [0.05, 0.1) is 4.34 Å². The summed E-state index contributed by atoms with van der Waals surface area (Å²) in [5.41, 5.74) is 0.0915. The Labute approximate surface area is 169 Å². The molecule has 1 unspecified atom stereocenters. The van der Waals surface area contributed by atoms with Gasteiger partial charge in [-0.15, -0.1) is 35.3 Å². The Morgan fingerprint density at radius 3 is 3.00 bits per heavy atom. The number of carbonyl (C=O) groups is 1. The highest BCUT2D eigenvalue weighted by atomic mass is 127. The fourth-order valence-electron chi connectivity index (χ4n) is 3.54. The molecule has 1 atom stereocenters. The Balaban J connectivity index is 0.00000208. The van der Waals surface area contributed by atoms with Gasteiger partial charge in [0, 0.05) is 49.9 Å². The number of thiophene rings is 1. The summed E-state index contributed by atoms with van der Waals surface area (Å²) in [5.74, 6) is 1.12. The molecule has 0 radical (unpaired) electrons. The molecule has 24 heavy (non-hydrogen) atoms. The van der Waals surface area contributed by atoms with E-state index in [1.54, 1.807) is 11.3 Å². The quantitative estimate of drug-likeness (QED) is 0.396. The van der Waals surface area contributed by atoms with Crippen molar-refractivity contribution >= 4 is 58.8 Å². The molecule has 1 aromatic rings. The zero-order valence-electron chi connectivity index (χ0n) is 13.8. The molecule has 3 heterocycles. The summed E-state index contributed by atoms with van der Waals surface area (Å²) < 4.78 is 0.834. The molecule has 2 aliphatic heterocycles. The van der Waals surface area contributed by atoms with E-state index >= 15 is 0 Å². The minimum Gasteiger partial charge on any atom is -0.356 e. The van der Waals surface area contributed by atoms with Crippen molar-refractivity contribution in [3.8, 4) is 0 Å². The average Bonchev–Trinajstić information content (AvgIpc) is 3.10. The van der Waals surface area contributed by atoms with Crippen molar-refractivity contribution in [2.24, 2.45) is 10.4 Å². The molecule has 1 spiro atoms. The maximum Gasteiger partial charge on any atom is 0.220 e. The number of carbonyl (C=O) groups excluding carboxylic acids is 1. The van der Waals surface area contributed by atoms with Crippen LogP contribution in [0.5, 0.6) is 0 Å². The van der Waals surface area contributed by atoms with Gasteiger partial charge in [-0.05, 0) is 31.4 Å². The van der Waals surface area contributed by atoms with E-state index < -0.39 is 0 Å². The van der Waals surface area contributed by atoms with Gasteiger partial charge in [-0.2, -0.15) is 0 Å². The van der Waals surface area contributed by atoms with E-state index in [4.69, 9.17) is 11.6 Å². The summed E-state index contributed by atoms with van der Waals surface area (Å²) in [6, 6.07) is 4.01. The molecule has 0 bridgehead atoms. The van der Waals surface area contributed by atoms with Gasteiger partial charge in [-0.1, -0.05) is 11.6 Å². The van der Waals surface area contributed by atoms with Gasteiger partial charge in [-0.25, -0.2) is 0 Å². The van der Waals surface area contributed by atoms with Crippen LogP contribution in [-0.4, -0.2) is 50.0 Å². The lowest BCUT2D eigenvalue weighted by molar-refractivity contribution is -0.119. The molecule has 2 N–H and O–H groups in total. The average molecular weight is 483 g/mol. The molecule has 0 saturated carbocycles. The lowest BCUT2D eigenvalue weighted by Crippen LogP contribution is -2.51. The molecular formula is C16H24ClIN4OS. The van der Waals surface area contributed by atoms with E-state index in [1.165, 1.54) is 4.88 Å². The van der Waals surface area contributed by atoms with Crippen LogP contribution in [0.25, 0.3) is 0 Å². The highest BCUT2D eigenvalue weighted by Crippen LogP contribution is 2.35. The second-order valence-electron chi connectivity index (χ2n) is 6.41. The monoisotopic (exact) mass is 482 g/mol. The van der Waals surface area contributed by atoms with Crippen LogP contribution in [0.15, 0.2) is 17.1 Å². The normalized spacial score (nSPS) is 24.0. The number of aliphatic imine (C=N–C) groups is 1. The Morgan fingerprint density at radius 1 is 1.54 bits per heavy atom. The summed E-state index contributed by atoms with van der Waals surface area (Å²) >= 11 is 7.59. The summed E-state index contributed by atoms with van der Waals surface area (Å²) in [6.07, 6.45) is 3.81. The lowest BCUT2D eigenvalue weighted by atomic mass is 9.79. The first-order valence-corrected chi connectivity index (χ1v) is 9.26. The molecular weight excluding hydrogens is 459 g/mol. The third-order valence-electron chi connectivity index (χ3n) is 4.65. The van der Waals surface area contributed by atoms with Crippen LogP contribution >= 0.6 is 46.9 Å². The smallest absolute Gasteiger partial charge is 0.220 e. The van der Waals surface area contributed by atoms with Gasteiger partial charge in [-0.3, -0.25) is 9.79 Å². The number of rotatable bonds is 3. The molecule has 134 valence electrons. The maximum absolute atomic E-state index is 11.6. The Bertz CT molecular complexity index is 609. The molecule has 1 aromatic heterocycles. The van der Waals surface area contributed by atoms with Crippen molar-refractivity contribution in [3.63, 3.8) is 0 Å². The number of nitrogens with one attached hydrogen (secondary N) is 2. The van der Waals surface area contributed by atoms with E-state index in [2.05, 4.69) is 26.6 Å². The van der Waals surface area contributed by atoms with Crippen molar-refractivity contribution in [3.05, 3.63) is 21.3 Å². The highest BCUT2D eigenvalue weighted by molar-refractivity contribution is 14.0. The van der Waals surface area contributed by atoms with Crippen LogP contribution in [0.1, 0.15) is 24.1 Å². The molecule has 8 heteroatoms. The van der Waals surface area contributed by atoms with Crippen molar-refractivity contribution in [1.29, 1.82) is 0 Å². The molecule has 5 nitrogen and oxygen atoms in total. The van der Waals surface area contributed by atoms with Gasteiger partial charge < -0.3 is 15.5 Å². The largest absolute Gasteiger partial charge is 0.356 e. The fraction of sp³-hybridized carbons (Fsp3) is 0.625. The number of piperidine rings is 1.